The zero-order valence-corrected chi connectivity index (χ0v) is 11.8. The highest BCUT2D eigenvalue weighted by Gasteiger charge is 2.28. The van der Waals surface area contributed by atoms with Crippen LogP contribution in [0.15, 0.2) is 18.2 Å². The Bertz CT molecular complexity index is 687. The quantitative estimate of drug-likeness (QED) is 0.650. The van der Waals surface area contributed by atoms with Crippen LogP contribution >= 0.6 is 0 Å². The van der Waals surface area contributed by atoms with E-state index in [4.69, 9.17) is 4.74 Å². The van der Waals surface area contributed by atoms with Crippen LogP contribution in [0.2, 0.25) is 0 Å². The number of imide groups is 1. The summed E-state index contributed by atoms with van der Waals surface area (Å²) < 4.78 is 43.0. The molecule has 1 N–H and O–H groups in total. The van der Waals surface area contributed by atoms with E-state index >= 15 is 0 Å². The zero-order valence-electron chi connectivity index (χ0n) is 11.0. The van der Waals surface area contributed by atoms with E-state index < -0.39 is 22.5 Å². The number of hydrogen-bond acceptors (Lipinski definition) is 6. The van der Waals surface area contributed by atoms with Crippen molar-refractivity contribution in [3.05, 3.63) is 23.8 Å². The fourth-order valence-corrected chi connectivity index (χ4v) is 2.22. The third kappa shape index (κ3) is 4.42. The highest BCUT2D eigenvalue weighted by Crippen LogP contribution is 2.26. The van der Waals surface area contributed by atoms with Gasteiger partial charge in [0.25, 0.3) is 5.91 Å². The summed E-state index contributed by atoms with van der Waals surface area (Å²) >= 11 is 0. The summed E-state index contributed by atoms with van der Waals surface area (Å²) in [7, 11) is -5.14. The van der Waals surface area contributed by atoms with Gasteiger partial charge in [0, 0.05) is 18.9 Å². The van der Waals surface area contributed by atoms with Gasteiger partial charge >= 0.3 is 10.5 Å². The molecule has 0 spiro atoms. The van der Waals surface area contributed by atoms with Gasteiger partial charge < -0.3 is 8.92 Å². The van der Waals surface area contributed by atoms with Crippen LogP contribution in [0.4, 0.5) is 3.89 Å². The predicted molar refractivity (Wildman–Crippen MR) is 68.6 cm³/mol. The fourth-order valence-electron chi connectivity index (χ4n) is 1.90. The molecule has 0 radical (unpaired) electrons. The lowest BCUT2D eigenvalue weighted by atomic mass is 10.1. The number of nitrogens with one attached hydrogen (secondary N) is 1. The third-order valence-corrected chi connectivity index (χ3v) is 3.08. The van der Waals surface area contributed by atoms with Crippen molar-refractivity contribution in [1.82, 2.24) is 5.32 Å². The first-order chi connectivity index (χ1) is 9.73. The van der Waals surface area contributed by atoms with Gasteiger partial charge in [0.15, 0.2) is 6.10 Å². The van der Waals surface area contributed by atoms with Crippen LogP contribution in [0.1, 0.15) is 18.4 Å². The molecule has 1 atom stereocenters. The molecule has 1 saturated heterocycles. The predicted octanol–water partition coefficient (Wildman–Crippen LogP) is 0.772. The zero-order chi connectivity index (χ0) is 15.6. The molecule has 2 amide bonds. The molecule has 0 aromatic heterocycles. The van der Waals surface area contributed by atoms with E-state index in [1.165, 1.54) is 12.1 Å². The Morgan fingerprint density at radius 3 is 2.52 bits per heavy atom. The highest BCUT2D eigenvalue weighted by atomic mass is 32.3. The molecule has 0 saturated carbocycles. The molecule has 0 aliphatic carbocycles. The number of aryl methyl sites for hydroxylation is 1. The number of carbonyl (C=O) groups is 2. The molecule has 7 nitrogen and oxygen atoms in total. The molecular weight excluding hydrogens is 305 g/mol. The van der Waals surface area contributed by atoms with Crippen molar-refractivity contribution in [3.63, 3.8) is 0 Å². The van der Waals surface area contributed by atoms with Gasteiger partial charge in [0.2, 0.25) is 5.91 Å². The number of benzene rings is 1. The minimum Gasteiger partial charge on any atom is -0.480 e. The summed E-state index contributed by atoms with van der Waals surface area (Å²) in [6, 6.07) is 3.98. The summed E-state index contributed by atoms with van der Waals surface area (Å²) in [5.41, 5.74) is 0.554. The third-order valence-electron chi connectivity index (χ3n) is 2.69. The monoisotopic (exact) mass is 317 g/mol. The summed E-state index contributed by atoms with van der Waals surface area (Å²) in [5, 5.41) is 2.13. The number of hydrogen-bond donors (Lipinski definition) is 1. The largest absolute Gasteiger partial charge is 0.488 e. The lowest BCUT2D eigenvalue weighted by Gasteiger charge is -2.22. The number of amides is 2. The number of halogens is 1. The van der Waals surface area contributed by atoms with Gasteiger partial charge in [-0.05, 0) is 24.6 Å². The summed E-state index contributed by atoms with van der Waals surface area (Å²) in [6.45, 7) is 1.62. The van der Waals surface area contributed by atoms with Crippen molar-refractivity contribution < 1.29 is 30.8 Å². The first-order valence-corrected chi connectivity index (χ1v) is 7.30. The van der Waals surface area contributed by atoms with Crippen LogP contribution in [0, 0.1) is 6.92 Å². The molecule has 9 heteroatoms. The number of carbonyl (C=O) groups excluding carboxylic acids is 2. The Balaban J connectivity index is 2.16. The molecule has 1 aliphatic rings. The van der Waals surface area contributed by atoms with Gasteiger partial charge in [0.05, 0.1) is 0 Å². The maximum atomic E-state index is 12.5. The van der Waals surface area contributed by atoms with Gasteiger partial charge in [-0.15, -0.1) is 0 Å². The summed E-state index contributed by atoms with van der Waals surface area (Å²) in [4.78, 5) is 22.6. The standard InChI is InChI=1S/C12H12FNO6S/c1-7-4-8(6-9(5-7)20-21(13,17)18)19-10-2-3-11(15)14-12(10)16/h4-6,10H,2-3H2,1H3,(H,14,15,16). The van der Waals surface area contributed by atoms with Crippen molar-refractivity contribution >= 4 is 22.3 Å². The van der Waals surface area contributed by atoms with Crippen LogP contribution in [0.25, 0.3) is 0 Å². The van der Waals surface area contributed by atoms with Gasteiger partial charge in [0.1, 0.15) is 11.5 Å². The molecule has 1 aromatic carbocycles. The van der Waals surface area contributed by atoms with E-state index in [2.05, 4.69) is 9.50 Å². The van der Waals surface area contributed by atoms with E-state index in [9.17, 15) is 21.9 Å². The number of piperidine rings is 1. The number of ether oxygens (including phenoxy) is 1. The van der Waals surface area contributed by atoms with Crippen molar-refractivity contribution in [2.24, 2.45) is 0 Å². The highest BCUT2D eigenvalue weighted by molar-refractivity contribution is 7.81. The average molecular weight is 317 g/mol. The van der Waals surface area contributed by atoms with E-state index in [0.717, 1.165) is 6.07 Å². The van der Waals surface area contributed by atoms with Crippen LogP contribution in [0.3, 0.4) is 0 Å². The SMILES string of the molecule is Cc1cc(OC2CCC(=O)NC2=O)cc(OS(=O)(=O)F)c1. The lowest BCUT2D eigenvalue weighted by molar-refractivity contribution is -0.138. The molecule has 2 rings (SSSR count). The van der Waals surface area contributed by atoms with Gasteiger partial charge in [-0.25, -0.2) is 0 Å². The van der Waals surface area contributed by atoms with E-state index in [0.29, 0.717) is 5.56 Å². The fraction of sp³-hybridized carbons (Fsp3) is 0.333. The Morgan fingerprint density at radius 1 is 1.24 bits per heavy atom. The van der Waals surface area contributed by atoms with E-state index in [1.807, 2.05) is 0 Å². The maximum absolute atomic E-state index is 12.5. The molecule has 0 bridgehead atoms. The van der Waals surface area contributed by atoms with Crippen LogP contribution in [0.5, 0.6) is 11.5 Å². The van der Waals surface area contributed by atoms with Crippen molar-refractivity contribution in [1.29, 1.82) is 0 Å². The lowest BCUT2D eigenvalue weighted by Crippen LogP contribution is -2.46. The second-order valence-electron chi connectivity index (χ2n) is 4.52. The Labute approximate surface area is 120 Å². The minimum atomic E-state index is -5.14. The molecule has 114 valence electrons. The molecule has 1 aliphatic heterocycles. The average Bonchev–Trinajstić information content (AvgIpc) is 2.29. The van der Waals surface area contributed by atoms with Crippen LogP contribution < -0.4 is 14.2 Å². The molecule has 21 heavy (non-hydrogen) atoms. The Hall–Kier alpha value is -2.16. The van der Waals surface area contributed by atoms with Crippen LogP contribution in [-0.2, 0) is 20.1 Å². The molecular formula is C12H12FNO6S. The molecule has 1 heterocycles. The molecule has 1 unspecified atom stereocenters. The van der Waals surface area contributed by atoms with Gasteiger partial charge in [-0.3, -0.25) is 14.9 Å². The minimum absolute atomic E-state index is 0.142. The Morgan fingerprint density at radius 2 is 1.90 bits per heavy atom. The van der Waals surface area contributed by atoms with Crippen molar-refractivity contribution in [2.75, 3.05) is 0 Å². The molecule has 1 aromatic rings. The normalized spacial score (nSPS) is 19.0. The van der Waals surface area contributed by atoms with E-state index in [-0.39, 0.29) is 30.2 Å². The van der Waals surface area contributed by atoms with Crippen molar-refractivity contribution in [2.45, 2.75) is 25.9 Å². The second kappa shape index (κ2) is 5.68. The van der Waals surface area contributed by atoms with E-state index in [1.54, 1.807) is 6.92 Å². The topological polar surface area (TPSA) is 98.8 Å². The smallest absolute Gasteiger partial charge is 0.480 e. The van der Waals surface area contributed by atoms with Gasteiger partial charge in [-0.2, -0.15) is 8.42 Å². The summed E-state index contributed by atoms with van der Waals surface area (Å²) in [6.07, 6.45) is -0.528. The maximum Gasteiger partial charge on any atom is 0.488 e. The first kappa shape index (κ1) is 15.2. The second-order valence-corrected chi connectivity index (χ2v) is 5.47. The molecule has 1 fully saturated rings. The summed E-state index contributed by atoms with van der Waals surface area (Å²) in [5.74, 6) is -1.08. The van der Waals surface area contributed by atoms with Crippen LogP contribution in [-0.4, -0.2) is 26.3 Å². The van der Waals surface area contributed by atoms with Gasteiger partial charge in [-0.1, -0.05) is 3.89 Å². The van der Waals surface area contributed by atoms with Crippen molar-refractivity contribution in [3.8, 4) is 11.5 Å². The number of rotatable bonds is 4. The Kier molecular flexibility index (Phi) is 4.12. The first-order valence-electron chi connectivity index (χ1n) is 5.99.